The van der Waals surface area contributed by atoms with Crippen LogP contribution in [-0.2, 0) is 32.6 Å². The van der Waals surface area contributed by atoms with Crippen molar-refractivity contribution in [3.05, 3.63) is 101 Å². The molecular weight excluding hydrogens is 522 g/mol. The van der Waals surface area contributed by atoms with Gasteiger partial charge in [0.1, 0.15) is 12.6 Å². The predicted molar refractivity (Wildman–Crippen MR) is 162 cm³/mol. The molecule has 0 aliphatic heterocycles. The number of nitrogens with zero attached hydrogens (tertiary/aromatic N) is 2. The van der Waals surface area contributed by atoms with Gasteiger partial charge in [0.05, 0.1) is 11.9 Å². The maximum atomic E-state index is 14.1. The summed E-state index contributed by atoms with van der Waals surface area (Å²) >= 11 is 0. The van der Waals surface area contributed by atoms with Crippen LogP contribution < -0.4 is 9.62 Å². The fraction of sp³-hybridized carbons (Fsp3) is 0.375. The van der Waals surface area contributed by atoms with E-state index in [4.69, 9.17) is 0 Å². The topological polar surface area (TPSA) is 86.8 Å². The van der Waals surface area contributed by atoms with E-state index in [0.717, 1.165) is 51.2 Å². The Hall–Kier alpha value is -3.65. The fourth-order valence-corrected chi connectivity index (χ4v) is 5.61. The first-order valence-electron chi connectivity index (χ1n) is 13.7. The average Bonchev–Trinajstić information content (AvgIpc) is 2.88. The van der Waals surface area contributed by atoms with Crippen LogP contribution in [0.3, 0.4) is 0 Å². The molecule has 0 saturated carbocycles. The van der Waals surface area contributed by atoms with Crippen molar-refractivity contribution in [3.8, 4) is 0 Å². The first kappa shape index (κ1) is 30.9. The summed E-state index contributed by atoms with van der Waals surface area (Å²) < 4.78 is 27.1. The molecule has 1 atom stereocenters. The molecule has 3 rings (SSSR count). The highest BCUT2D eigenvalue weighted by Gasteiger charge is 2.33. The van der Waals surface area contributed by atoms with Crippen molar-refractivity contribution in [1.29, 1.82) is 0 Å². The van der Waals surface area contributed by atoms with Gasteiger partial charge in [0.25, 0.3) is 0 Å². The molecule has 0 fully saturated rings. The lowest BCUT2D eigenvalue weighted by atomic mass is 10.0. The van der Waals surface area contributed by atoms with Gasteiger partial charge >= 0.3 is 0 Å². The Kier molecular flexibility index (Phi) is 10.9. The molecular formula is C32H41N3O4S. The zero-order chi connectivity index (χ0) is 29.3. The van der Waals surface area contributed by atoms with Crippen LogP contribution in [0.4, 0.5) is 5.69 Å². The van der Waals surface area contributed by atoms with Gasteiger partial charge in [0.15, 0.2) is 0 Å². The van der Waals surface area contributed by atoms with Gasteiger partial charge in [-0.3, -0.25) is 13.9 Å². The second-order valence-electron chi connectivity index (χ2n) is 10.5. The van der Waals surface area contributed by atoms with Crippen molar-refractivity contribution >= 4 is 27.5 Å². The lowest BCUT2D eigenvalue weighted by Gasteiger charge is -2.33. The Morgan fingerprint density at radius 2 is 1.50 bits per heavy atom. The van der Waals surface area contributed by atoms with Crippen molar-refractivity contribution in [1.82, 2.24) is 10.2 Å². The summed E-state index contributed by atoms with van der Waals surface area (Å²) in [5, 5.41) is 3.00. The molecule has 0 aliphatic rings. The number of nitrogens with one attached hydrogen (secondary N) is 1. The van der Waals surface area contributed by atoms with Gasteiger partial charge in [-0.25, -0.2) is 8.42 Å². The van der Waals surface area contributed by atoms with Crippen LogP contribution in [0.25, 0.3) is 0 Å². The lowest BCUT2D eigenvalue weighted by Crippen LogP contribution is -2.53. The summed E-state index contributed by atoms with van der Waals surface area (Å²) in [6.07, 6.45) is 3.15. The molecule has 0 aliphatic carbocycles. The quantitative estimate of drug-likeness (QED) is 0.299. The highest BCUT2D eigenvalue weighted by atomic mass is 32.2. The van der Waals surface area contributed by atoms with Crippen molar-refractivity contribution < 1.29 is 18.0 Å². The van der Waals surface area contributed by atoms with Gasteiger partial charge in [-0.15, -0.1) is 0 Å². The van der Waals surface area contributed by atoms with Crippen LogP contribution in [0.15, 0.2) is 72.8 Å². The molecule has 0 bridgehead atoms. The Morgan fingerprint density at radius 3 is 2.10 bits per heavy atom. The molecule has 0 heterocycles. The van der Waals surface area contributed by atoms with Gasteiger partial charge in [0, 0.05) is 19.5 Å². The Bertz CT molecular complexity index is 1390. The number of hydrogen-bond acceptors (Lipinski definition) is 4. The van der Waals surface area contributed by atoms with Crippen molar-refractivity contribution in [3.63, 3.8) is 0 Å². The number of hydrogen-bond donors (Lipinski definition) is 1. The van der Waals surface area contributed by atoms with Gasteiger partial charge in [-0.1, -0.05) is 79.6 Å². The van der Waals surface area contributed by atoms with Crippen LogP contribution >= 0.6 is 0 Å². The van der Waals surface area contributed by atoms with E-state index in [2.05, 4.69) is 5.32 Å². The van der Waals surface area contributed by atoms with E-state index < -0.39 is 28.5 Å². The molecule has 0 radical (unpaired) electrons. The smallest absolute Gasteiger partial charge is 0.244 e. The zero-order valence-corrected chi connectivity index (χ0v) is 25.0. The third kappa shape index (κ3) is 8.95. The molecule has 0 unspecified atom stereocenters. The van der Waals surface area contributed by atoms with E-state index in [1.54, 1.807) is 12.1 Å². The number of carbonyl (C=O) groups is 2. The summed E-state index contributed by atoms with van der Waals surface area (Å²) in [6.45, 7) is 8.06. The van der Waals surface area contributed by atoms with Crippen LogP contribution in [0.2, 0.25) is 0 Å². The number of benzene rings is 3. The highest BCUT2D eigenvalue weighted by molar-refractivity contribution is 7.92. The minimum atomic E-state index is -3.80. The molecule has 2 amide bonds. The molecule has 3 aromatic rings. The van der Waals surface area contributed by atoms with E-state index in [9.17, 15) is 18.0 Å². The van der Waals surface area contributed by atoms with Crippen molar-refractivity contribution in [2.45, 2.75) is 59.5 Å². The minimum absolute atomic E-state index is 0.170. The summed E-state index contributed by atoms with van der Waals surface area (Å²) in [7, 11) is -3.80. The van der Waals surface area contributed by atoms with Crippen LogP contribution in [0.5, 0.6) is 0 Å². The van der Waals surface area contributed by atoms with E-state index >= 15 is 0 Å². The highest BCUT2D eigenvalue weighted by Crippen LogP contribution is 2.23. The second-order valence-corrected chi connectivity index (χ2v) is 12.4. The molecule has 8 heteroatoms. The zero-order valence-electron chi connectivity index (χ0n) is 24.2. The number of anilines is 1. The molecule has 1 N–H and O–H groups in total. The van der Waals surface area contributed by atoms with Crippen molar-refractivity contribution in [2.75, 3.05) is 23.7 Å². The van der Waals surface area contributed by atoms with Crippen LogP contribution in [0, 0.1) is 20.8 Å². The average molecular weight is 564 g/mol. The SMILES string of the molecule is CCCCNC(=O)[C@@H](Cc1ccccc1)N(Cc1cccc(C)c1)C(=O)CN(c1cc(C)cc(C)c1)S(C)(=O)=O. The third-order valence-electron chi connectivity index (χ3n) is 6.71. The first-order chi connectivity index (χ1) is 19.0. The Balaban J connectivity index is 2.05. The van der Waals surface area contributed by atoms with Gasteiger partial charge in [0.2, 0.25) is 21.8 Å². The number of sulfonamides is 1. The molecule has 0 saturated heterocycles. The van der Waals surface area contributed by atoms with Gasteiger partial charge in [-0.2, -0.15) is 0 Å². The monoisotopic (exact) mass is 563 g/mol. The molecule has 40 heavy (non-hydrogen) atoms. The van der Waals surface area contributed by atoms with Crippen LogP contribution in [0.1, 0.15) is 47.6 Å². The number of amides is 2. The lowest BCUT2D eigenvalue weighted by molar-refractivity contribution is -0.140. The minimum Gasteiger partial charge on any atom is -0.354 e. The third-order valence-corrected chi connectivity index (χ3v) is 7.85. The Labute approximate surface area is 239 Å². The van der Waals surface area contributed by atoms with Gasteiger partial charge < -0.3 is 10.2 Å². The number of rotatable bonds is 13. The van der Waals surface area contributed by atoms with E-state index in [1.165, 1.54) is 4.90 Å². The van der Waals surface area contributed by atoms with Gasteiger partial charge in [-0.05, 0) is 61.6 Å². The van der Waals surface area contributed by atoms with E-state index in [1.807, 2.05) is 88.4 Å². The standard InChI is InChI=1S/C32H41N3O4S/c1-6-7-16-33-32(37)30(21-27-13-9-8-10-14-27)34(22-28-15-11-12-24(2)18-28)31(36)23-35(40(5,38)39)29-19-25(3)17-26(4)20-29/h8-15,17-20,30H,6-7,16,21-23H2,1-5H3,(H,33,37)/t30-/m1/s1. The molecule has 0 spiro atoms. The number of unbranched alkanes of at least 4 members (excludes halogenated alkanes) is 1. The molecule has 3 aromatic carbocycles. The second kappa shape index (κ2) is 14.1. The molecule has 0 aromatic heterocycles. The van der Waals surface area contributed by atoms with Crippen LogP contribution in [-0.4, -0.2) is 50.5 Å². The normalized spacial score (nSPS) is 12.0. The molecule has 7 nitrogen and oxygen atoms in total. The largest absolute Gasteiger partial charge is 0.354 e. The number of carbonyl (C=O) groups excluding carboxylic acids is 2. The Morgan fingerprint density at radius 1 is 0.850 bits per heavy atom. The fourth-order valence-electron chi connectivity index (χ4n) is 4.78. The maximum absolute atomic E-state index is 14.1. The maximum Gasteiger partial charge on any atom is 0.244 e. The summed E-state index contributed by atoms with van der Waals surface area (Å²) in [6, 6.07) is 22.0. The summed E-state index contributed by atoms with van der Waals surface area (Å²) in [4.78, 5) is 29.3. The van der Waals surface area contributed by atoms with Crippen molar-refractivity contribution in [2.24, 2.45) is 0 Å². The first-order valence-corrected chi connectivity index (χ1v) is 15.6. The summed E-state index contributed by atoms with van der Waals surface area (Å²) in [5.74, 6) is -0.701. The van der Waals surface area contributed by atoms with E-state index in [0.29, 0.717) is 18.7 Å². The number of aryl methyl sites for hydroxylation is 3. The predicted octanol–water partition coefficient (Wildman–Crippen LogP) is 4.93. The van der Waals surface area contributed by atoms with E-state index in [-0.39, 0.29) is 12.5 Å². The molecule has 214 valence electrons. The summed E-state index contributed by atoms with van der Waals surface area (Å²) in [5.41, 5.74) is 5.02.